The van der Waals surface area contributed by atoms with Gasteiger partial charge in [0.1, 0.15) is 0 Å². The van der Waals surface area contributed by atoms with Crippen LogP contribution in [0.15, 0.2) is 24.6 Å². The molecule has 0 saturated carbocycles. The van der Waals surface area contributed by atoms with Gasteiger partial charge in [-0.3, -0.25) is 4.79 Å². The van der Waals surface area contributed by atoms with Crippen LogP contribution in [0.25, 0.3) is 0 Å². The van der Waals surface area contributed by atoms with Gasteiger partial charge in [-0.2, -0.15) is 0 Å². The van der Waals surface area contributed by atoms with Gasteiger partial charge in [0.15, 0.2) is 0 Å². The van der Waals surface area contributed by atoms with Gasteiger partial charge in [-0.25, -0.2) is 0 Å². The van der Waals surface area contributed by atoms with Crippen molar-refractivity contribution in [3.8, 4) is 0 Å². The van der Waals surface area contributed by atoms with E-state index in [0.717, 1.165) is 25.9 Å². The number of hydrogen-bond donors (Lipinski definition) is 1. The van der Waals surface area contributed by atoms with Crippen LogP contribution in [0, 0.1) is 0 Å². The second-order valence-electron chi connectivity index (χ2n) is 3.52. The lowest BCUT2D eigenvalue weighted by molar-refractivity contribution is -0.127. The van der Waals surface area contributed by atoms with E-state index in [1.54, 1.807) is 0 Å². The number of thioether (sulfide) groups is 1. The van der Waals surface area contributed by atoms with E-state index in [0.29, 0.717) is 10.9 Å². The number of hydrogen-bond acceptors (Lipinski definition) is 3. The molecule has 3 nitrogen and oxygen atoms in total. The highest BCUT2D eigenvalue weighted by Gasteiger charge is 2.22. The van der Waals surface area contributed by atoms with Gasteiger partial charge in [-0.05, 0) is 32.2 Å². The number of nitrogens with zero attached hydrogens (tertiary/aromatic N) is 1. The molecule has 1 heterocycles. The standard InChI is InChI=1S/C10H18N2OS.C2H4/c1-8(14-3)10(13)12(2)9-4-6-11-7-5-9;1-2/h9,11H,1,4-7H2,2-3H3;1-2H2. The molecule has 0 atom stereocenters. The summed E-state index contributed by atoms with van der Waals surface area (Å²) in [7, 11) is 1.87. The maximum atomic E-state index is 11.8. The third-order valence-electron chi connectivity index (χ3n) is 2.66. The number of rotatable bonds is 3. The Balaban J connectivity index is 0.00000106. The van der Waals surface area contributed by atoms with Gasteiger partial charge in [0.2, 0.25) is 0 Å². The first-order valence-electron chi connectivity index (χ1n) is 5.37. The van der Waals surface area contributed by atoms with Gasteiger partial charge < -0.3 is 10.2 Å². The molecule has 1 saturated heterocycles. The predicted molar refractivity (Wildman–Crippen MR) is 72.6 cm³/mol. The molecule has 0 aromatic carbocycles. The summed E-state index contributed by atoms with van der Waals surface area (Å²) < 4.78 is 0. The van der Waals surface area contributed by atoms with Crippen molar-refractivity contribution in [1.82, 2.24) is 10.2 Å². The zero-order chi connectivity index (χ0) is 12.6. The Hall–Kier alpha value is -0.740. The molecule has 1 fully saturated rings. The molecule has 1 aliphatic heterocycles. The first kappa shape index (κ1) is 15.3. The number of carbonyl (C=O) groups excluding carboxylic acids is 1. The molecule has 0 radical (unpaired) electrons. The van der Waals surface area contributed by atoms with E-state index in [1.165, 1.54) is 11.8 Å². The summed E-state index contributed by atoms with van der Waals surface area (Å²) in [5.74, 6) is 0.0735. The maximum absolute atomic E-state index is 11.8. The van der Waals surface area contributed by atoms with Crippen molar-refractivity contribution in [3.05, 3.63) is 24.6 Å². The van der Waals surface area contributed by atoms with Crippen LogP contribution in [0.4, 0.5) is 0 Å². The van der Waals surface area contributed by atoms with Crippen LogP contribution in [-0.2, 0) is 4.79 Å². The second kappa shape index (κ2) is 8.42. The van der Waals surface area contributed by atoms with E-state index in [4.69, 9.17) is 0 Å². The van der Waals surface area contributed by atoms with Crippen molar-refractivity contribution >= 4 is 17.7 Å². The Morgan fingerprint density at radius 3 is 2.31 bits per heavy atom. The molecule has 16 heavy (non-hydrogen) atoms. The summed E-state index contributed by atoms with van der Waals surface area (Å²) >= 11 is 1.42. The monoisotopic (exact) mass is 242 g/mol. The molecule has 92 valence electrons. The lowest BCUT2D eigenvalue weighted by Gasteiger charge is -2.31. The highest BCUT2D eigenvalue weighted by Crippen LogP contribution is 2.16. The highest BCUT2D eigenvalue weighted by molar-refractivity contribution is 8.03. The van der Waals surface area contributed by atoms with E-state index in [-0.39, 0.29) is 5.91 Å². The SMILES string of the molecule is C=C.C=C(SC)C(=O)N(C)C1CCNCC1. The van der Waals surface area contributed by atoms with Crippen molar-refractivity contribution in [2.75, 3.05) is 26.4 Å². The minimum atomic E-state index is 0.0735. The third kappa shape index (κ3) is 4.41. The normalized spacial score (nSPS) is 15.9. The minimum Gasteiger partial charge on any atom is -0.338 e. The lowest BCUT2D eigenvalue weighted by Crippen LogP contribution is -2.44. The van der Waals surface area contributed by atoms with Crippen LogP contribution in [0.1, 0.15) is 12.8 Å². The minimum absolute atomic E-state index is 0.0735. The van der Waals surface area contributed by atoms with Crippen LogP contribution < -0.4 is 5.32 Å². The van der Waals surface area contributed by atoms with E-state index >= 15 is 0 Å². The van der Waals surface area contributed by atoms with Crippen LogP contribution >= 0.6 is 11.8 Å². The van der Waals surface area contributed by atoms with Gasteiger partial charge >= 0.3 is 0 Å². The Morgan fingerprint density at radius 1 is 1.38 bits per heavy atom. The molecule has 0 unspecified atom stereocenters. The number of carbonyl (C=O) groups is 1. The second-order valence-corrected chi connectivity index (χ2v) is 4.43. The first-order valence-corrected chi connectivity index (χ1v) is 6.60. The van der Waals surface area contributed by atoms with Crippen molar-refractivity contribution in [3.63, 3.8) is 0 Å². The van der Waals surface area contributed by atoms with E-state index in [2.05, 4.69) is 25.1 Å². The topological polar surface area (TPSA) is 32.3 Å². The molecule has 1 rings (SSSR count). The molecule has 0 aromatic heterocycles. The van der Waals surface area contributed by atoms with Gasteiger partial charge in [-0.1, -0.05) is 6.58 Å². The molecule has 0 aromatic rings. The zero-order valence-electron chi connectivity index (χ0n) is 10.3. The Morgan fingerprint density at radius 2 is 1.88 bits per heavy atom. The van der Waals surface area contributed by atoms with E-state index in [1.807, 2.05) is 18.2 Å². The van der Waals surface area contributed by atoms with Gasteiger partial charge in [0, 0.05) is 13.1 Å². The average Bonchev–Trinajstić information content (AvgIpc) is 2.39. The fraction of sp³-hybridized carbons (Fsp3) is 0.583. The molecule has 1 aliphatic rings. The molecule has 0 spiro atoms. The number of nitrogens with one attached hydrogen (secondary N) is 1. The Labute approximate surface area is 103 Å². The summed E-state index contributed by atoms with van der Waals surface area (Å²) in [6.45, 7) is 11.8. The molecule has 4 heteroatoms. The van der Waals surface area contributed by atoms with Crippen molar-refractivity contribution in [2.45, 2.75) is 18.9 Å². The molecule has 0 bridgehead atoms. The Bertz CT molecular complexity index is 237. The van der Waals surface area contributed by atoms with Crippen molar-refractivity contribution in [2.24, 2.45) is 0 Å². The van der Waals surface area contributed by atoms with Crippen LogP contribution in [0.2, 0.25) is 0 Å². The van der Waals surface area contributed by atoms with Crippen molar-refractivity contribution in [1.29, 1.82) is 0 Å². The number of amides is 1. The summed E-state index contributed by atoms with van der Waals surface area (Å²) in [5.41, 5.74) is 0. The van der Waals surface area contributed by atoms with Gasteiger partial charge in [0.05, 0.1) is 4.91 Å². The smallest absolute Gasteiger partial charge is 0.259 e. The fourth-order valence-corrected chi connectivity index (χ4v) is 1.96. The molecule has 0 aliphatic carbocycles. The van der Waals surface area contributed by atoms with Crippen LogP contribution in [0.3, 0.4) is 0 Å². The zero-order valence-corrected chi connectivity index (χ0v) is 11.1. The first-order chi connectivity index (χ1) is 7.66. The Kier molecular flexibility index (Phi) is 8.03. The van der Waals surface area contributed by atoms with Gasteiger partial charge in [-0.15, -0.1) is 24.9 Å². The maximum Gasteiger partial charge on any atom is 0.259 e. The average molecular weight is 242 g/mol. The summed E-state index contributed by atoms with van der Waals surface area (Å²) in [4.78, 5) is 14.2. The molecule has 1 N–H and O–H groups in total. The van der Waals surface area contributed by atoms with Crippen molar-refractivity contribution < 1.29 is 4.79 Å². The van der Waals surface area contributed by atoms with E-state index < -0.39 is 0 Å². The number of piperidine rings is 1. The number of likely N-dealkylation sites (N-methyl/N-ethyl adjacent to an activating group) is 1. The molecule has 1 amide bonds. The fourth-order valence-electron chi connectivity index (χ4n) is 1.64. The summed E-state index contributed by atoms with van der Waals surface area (Å²) in [5, 5.41) is 3.29. The van der Waals surface area contributed by atoms with Crippen LogP contribution in [-0.4, -0.2) is 43.2 Å². The van der Waals surface area contributed by atoms with Gasteiger partial charge in [0.25, 0.3) is 5.91 Å². The molecular formula is C12H22N2OS. The van der Waals surface area contributed by atoms with E-state index in [9.17, 15) is 4.79 Å². The highest BCUT2D eigenvalue weighted by atomic mass is 32.2. The summed E-state index contributed by atoms with van der Waals surface area (Å²) in [6.07, 6.45) is 3.98. The third-order valence-corrected chi connectivity index (χ3v) is 3.33. The quantitative estimate of drug-likeness (QED) is 0.606. The lowest BCUT2D eigenvalue weighted by atomic mass is 10.1. The largest absolute Gasteiger partial charge is 0.338 e. The summed E-state index contributed by atoms with van der Waals surface area (Å²) in [6, 6.07) is 0.382. The molecular weight excluding hydrogens is 220 g/mol. The van der Waals surface area contributed by atoms with Crippen LogP contribution in [0.5, 0.6) is 0 Å². The predicted octanol–water partition coefficient (Wildman–Crippen LogP) is 1.88.